The van der Waals surface area contributed by atoms with E-state index >= 15 is 0 Å². The summed E-state index contributed by atoms with van der Waals surface area (Å²) in [4.78, 5) is 2.46. The van der Waals surface area contributed by atoms with Crippen LogP contribution < -0.4 is 4.74 Å². The number of phenolic OH excluding ortho intramolecular Hbond substituents is 1. The first-order valence-corrected chi connectivity index (χ1v) is 9.67. The van der Waals surface area contributed by atoms with Crippen LogP contribution in [-0.4, -0.2) is 52.1 Å². The lowest BCUT2D eigenvalue weighted by Gasteiger charge is -2.63. The van der Waals surface area contributed by atoms with Gasteiger partial charge in [-0.2, -0.15) is 0 Å². The van der Waals surface area contributed by atoms with Crippen LogP contribution in [0.15, 0.2) is 12.1 Å². The number of likely N-dealkylation sites (tertiary alicyclic amines) is 1. The number of piperidine rings is 1. The number of aliphatic hydroxyl groups is 1. The molecule has 0 radical (unpaired) electrons. The number of benzene rings is 1. The van der Waals surface area contributed by atoms with E-state index in [0.717, 1.165) is 36.6 Å². The van der Waals surface area contributed by atoms with Crippen LogP contribution in [-0.2, 0) is 11.8 Å². The minimum Gasteiger partial charge on any atom is -0.504 e. The second-order valence-corrected chi connectivity index (χ2v) is 8.84. The van der Waals surface area contributed by atoms with Crippen LogP contribution in [0.3, 0.4) is 0 Å². The van der Waals surface area contributed by atoms with Crippen molar-refractivity contribution in [1.29, 1.82) is 0 Å². The monoisotopic (exact) mass is 345 g/mol. The molecule has 2 saturated carbocycles. The minimum absolute atomic E-state index is 0.0310. The lowest BCUT2D eigenvalue weighted by Crippen LogP contribution is -2.76. The van der Waals surface area contributed by atoms with E-state index < -0.39 is 23.3 Å². The van der Waals surface area contributed by atoms with Crippen molar-refractivity contribution in [3.05, 3.63) is 23.3 Å². The maximum Gasteiger partial charge on any atom is 0.165 e. The summed E-state index contributed by atoms with van der Waals surface area (Å²) in [5.41, 5.74) is 0.375. The van der Waals surface area contributed by atoms with Crippen LogP contribution in [0, 0.1) is 5.92 Å². The molecule has 3 fully saturated rings. The molecule has 1 saturated heterocycles. The fraction of sp³-hybridized carbons (Fsp3) is 0.700. The molecule has 1 aromatic rings. The molecule has 0 aromatic heterocycles. The highest BCUT2D eigenvalue weighted by molar-refractivity contribution is 5.62. The van der Waals surface area contributed by atoms with E-state index in [1.165, 1.54) is 12.8 Å². The molecular weight excluding hydrogens is 321 g/mol. The van der Waals surface area contributed by atoms with Crippen LogP contribution in [0.1, 0.15) is 43.2 Å². The number of hydrogen-bond donors (Lipinski definition) is 2. The van der Waals surface area contributed by atoms with Gasteiger partial charge in [-0.25, -0.2) is 4.39 Å². The van der Waals surface area contributed by atoms with Crippen LogP contribution >= 0.6 is 0 Å². The van der Waals surface area contributed by atoms with E-state index in [1.54, 1.807) is 6.07 Å². The van der Waals surface area contributed by atoms with Crippen molar-refractivity contribution in [2.45, 2.75) is 67.9 Å². The third-order valence-electron chi connectivity index (χ3n) is 7.69. The highest BCUT2D eigenvalue weighted by Crippen LogP contribution is 2.65. The molecule has 2 heterocycles. The van der Waals surface area contributed by atoms with Crippen molar-refractivity contribution in [3.63, 3.8) is 0 Å². The second kappa shape index (κ2) is 4.49. The van der Waals surface area contributed by atoms with Crippen molar-refractivity contribution in [1.82, 2.24) is 4.90 Å². The van der Waals surface area contributed by atoms with Crippen molar-refractivity contribution in [3.8, 4) is 11.5 Å². The number of alkyl halides is 1. The molecule has 25 heavy (non-hydrogen) atoms. The summed E-state index contributed by atoms with van der Waals surface area (Å²) in [5, 5.41) is 22.3. The van der Waals surface area contributed by atoms with Crippen molar-refractivity contribution in [2.24, 2.45) is 5.92 Å². The van der Waals surface area contributed by atoms with E-state index in [-0.39, 0.29) is 11.8 Å². The molecule has 2 N–H and O–H groups in total. The molecule has 134 valence electrons. The van der Waals surface area contributed by atoms with Gasteiger partial charge in [0.25, 0.3) is 0 Å². The molecule has 1 spiro atoms. The zero-order valence-corrected chi connectivity index (χ0v) is 14.2. The Morgan fingerprint density at radius 3 is 2.88 bits per heavy atom. The van der Waals surface area contributed by atoms with Crippen molar-refractivity contribution < 1.29 is 19.3 Å². The van der Waals surface area contributed by atoms with Crippen LogP contribution in [0.2, 0.25) is 0 Å². The number of rotatable bonds is 2. The highest BCUT2D eigenvalue weighted by Gasteiger charge is 2.73. The summed E-state index contributed by atoms with van der Waals surface area (Å²) in [6.07, 6.45) is 3.11. The first-order chi connectivity index (χ1) is 12.0. The van der Waals surface area contributed by atoms with E-state index in [2.05, 4.69) is 4.90 Å². The summed E-state index contributed by atoms with van der Waals surface area (Å²) in [5.74, 6) is 1.28. The molecule has 1 aromatic carbocycles. The number of phenols is 1. The fourth-order valence-electron chi connectivity index (χ4n) is 6.42. The molecular formula is C20H24FNO3. The molecule has 4 nitrogen and oxygen atoms in total. The third kappa shape index (κ3) is 1.61. The van der Waals surface area contributed by atoms with Gasteiger partial charge in [-0.05, 0) is 62.6 Å². The van der Waals surface area contributed by atoms with Crippen molar-refractivity contribution in [2.75, 3.05) is 13.1 Å². The average Bonchev–Trinajstić information content (AvgIpc) is 3.32. The standard InChI is InChI=1S/C20H24FNO3/c21-13-5-6-20(24)15-9-12-3-4-14(23)17-16(12)19(20,18(13)25-17)7-8-22(15)10-11-1-2-11/h3-4,11,13,15,18,23-24H,1-2,5-10H2/t13-,15?,18+,19+,20-/m1/s1. The number of nitrogens with zero attached hydrogens (tertiary/aromatic N) is 1. The Morgan fingerprint density at radius 2 is 2.08 bits per heavy atom. The van der Waals surface area contributed by atoms with E-state index in [0.29, 0.717) is 25.0 Å². The molecule has 2 aliphatic heterocycles. The first-order valence-electron chi connectivity index (χ1n) is 9.67. The SMILES string of the molecule is Oc1ccc2c3c1O[C@H]1[C@H](F)CC[C@@]4(O)C(C2)N(CC2CC2)CC[C@]314. The van der Waals surface area contributed by atoms with E-state index in [1.807, 2.05) is 6.07 Å². The van der Waals surface area contributed by atoms with Crippen molar-refractivity contribution >= 4 is 0 Å². The molecule has 5 atom stereocenters. The van der Waals surface area contributed by atoms with Gasteiger partial charge in [0.2, 0.25) is 0 Å². The molecule has 5 aliphatic rings. The Kier molecular flexibility index (Phi) is 2.66. The zero-order chi connectivity index (χ0) is 17.0. The lowest BCUT2D eigenvalue weighted by molar-refractivity contribution is -0.199. The highest BCUT2D eigenvalue weighted by atomic mass is 19.1. The van der Waals surface area contributed by atoms with Crippen LogP contribution in [0.4, 0.5) is 4.39 Å². The Hall–Kier alpha value is -1.33. The molecule has 3 aliphatic carbocycles. The van der Waals surface area contributed by atoms with Gasteiger partial charge in [0.05, 0.1) is 11.0 Å². The Labute approximate surface area is 146 Å². The van der Waals surface area contributed by atoms with Gasteiger partial charge in [0, 0.05) is 18.2 Å². The number of ether oxygens (including phenoxy) is 1. The second-order valence-electron chi connectivity index (χ2n) is 8.84. The number of hydrogen-bond acceptors (Lipinski definition) is 4. The smallest absolute Gasteiger partial charge is 0.165 e. The van der Waals surface area contributed by atoms with E-state index in [4.69, 9.17) is 4.74 Å². The van der Waals surface area contributed by atoms with Gasteiger partial charge in [-0.3, -0.25) is 4.90 Å². The zero-order valence-electron chi connectivity index (χ0n) is 14.2. The van der Waals surface area contributed by atoms with Gasteiger partial charge in [0.15, 0.2) is 11.5 Å². The summed E-state index contributed by atoms with van der Waals surface area (Å²) in [6, 6.07) is 3.65. The summed E-state index contributed by atoms with van der Waals surface area (Å²) < 4.78 is 20.9. The summed E-state index contributed by atoms with van der Waals surface area (Å²) in [7, 11) is 0. The Bertz CT molecular complexity index is 766. The normalized spacial score (nSPS) is 44.3. The Morgan fingerprint density at radius 1 is 1.24 bits per heavy atom. The topological polar surface area (TPSA) is 52.9 Å². The maximum atomic E-state index is 14.9. The molecule has 1 unspecified atom stereocenters. The fourth-order valence-corrected chi connectivity index (χ4v) is 6.42. The van der Waals surface area contributed by atoms with Gasteiger partial charge < -0.3 is 14.9 Å². The molecule has 6 rings (SSSR count). The number of halogens is 1. The van der Waals surface area contributed by atoms with Gasteiger partial charge in [-0.15, -0.1) is 0 Å². The van der Waals surface area contributed by atoms with E-state index in [9.17, 15) is 14.6 Å². The van der Waals surface area contributed by atoms with Gasteiger partial charge >= 0.3 is 0 Å². The predicted octanol–water partition coefficient (Wildman–Crippen LogP) is 2.29. The van der Waals surface area contributed by atoms with Crippen LogP contribution in [0.5, 0.6) is 11.5 Å². The molecule has 5 heteroatoms. The Balaban J connectivity index is 1.57. The quantitative estimate of drug-likeness (QED) is 0.864. The number of aromatic hydroxyl groups is 1. The minimum atomic E-state index is -1.09. The largest absolute Gasteiger partial charge is 0.504 e. The molecule has 0 amide bonds. The van der Waals surface area contributed by atoms with Gasteiger partial charge in [0.1, 0.15) is 12.3 Å². The average molecular weight is 345 g/mol. The van der Waals surface area contributed by atoms with Crippen LogP contribution in [0.25, 0.3) is 0 Å². The van der Waals surface area contributed by atoms with Gasteiger partial charge in [-0.1, -0.05) is 6.07 Å². The summed E-state index contributed by atoms with van der Waals surface area (Å²) >= 11 is 0. The first kappa shape index (κ1) is 14.8. The lowest BCUT2D eigenvalue weighted by atomic mass is 9.49. The predicted molar refractivity (Wildman–Crippen MR) is 89.7 cm³/mol. The maximum absolute atomic E-state index is 14.9. The third-order valence-corrected chi connectivity index (χ3v) is 7.69. The summed E-state index contributed by atoms with van der Waals surface area (Å²) in [6.45, 7) is 1.93. The molecule has 2 bridgehead atoms.